The van der Waals surface area contributed by atoms with Gasteiger partial charge >= 0.3 is 0 Å². The summed E-state index contributed by atoms with van der Waals surface area (Å²) in [7, 11) is 0. The molecule has 1 aromatic rings. The monoisotopic (exact) mass is 292 g/mol. The van der Waals surface area contributed by atoms with Crippen LogP contribution in [0.25, 0.3) is 0 Å². The Balaban J connectivity index is 0.000000677. The molecule has 0 bridgehead atoms. The van der Waals surface area contributed by atoms with E-state index in [1.165, 1.54) is 6.42 Å². The van der Waals surface area contributed by atoms with Crippen LogP contribution < -0.4 is 4.74 Å². The summed E-state index contributed by atoms with van der Waals surface area (Å²) in [6, 6.07) is 1.99. The zero-order chi connectivity index (χ0) is 16.2. The van der Waals surface area contributed by atoms with E-state index in [1.54, 1.807) is 0 Å². The van der Waals surface area contributed by atoms with E-state index in [0.717, 1.165) is 34.3 Å². The second kappa shape index (κ2) is 7.08. The van der Waals surface area contributed by atoms with Gasteiger partial charge in [-0.25, -0.2) is 0 Å². The van der Waals surface area contributed by atoms with Gasteiger partial charge in [0.15, 0.2) is 6.29 Å². The van der Waals surface area contributed by atoms with Gasteiger partial charge in [0.2, 0.25) is 0 Å². The van der Waals surface area contributed by atoms with Gasteiger partial charge in [0.05, 0.1) is 5.60 Å². The molecule has 1 fully saturated rings. The first-order valence-corrected chi connectivity index (χ1v) is 7.65. The fraction of sp³-hybridized carbons (Fsp3) is 0.611. The lowest BCUT2D eigenvalue weighted by Gasteiger charge is -2.15. The van der Waals surface area contributed by atoms with Crippen LogP contribution in [-0.4, -0.2) is 24.6 Å². The molecule has 1 atom stereocenters. The number of rotatable bonds is 4. The van der Waals surface area contributed by atoms with Crippen molar-refractivity contribution in [2.75, 3.05) is 6.61 Å². The molecule has 3 nitrogen and oxygen atoms in total. The summed E-state index contributed by atoms with van der Waals surface area (Å²) in [4.78, 5) is 11.1. The molecule has 3 heteroatoms. The van der Waals surface area contributed by atoms with E-state index in [9.17, 15) is 4.79 Å². The average molecular weight is 292 g/mol. The van der Waals surface area contributed by atoms with Crippen molar-refractivity contribution in [2.45, 2.75) is 66.6 Å². The van der Waals surface area contributed by atoms with Crippen LogP contribution in [0.15, 0.2) is 6.07 Å². The maximum Gasteiger partial charge on any atom is 0.150 e. The standard InChI is InChI=1S/C15H20O3.C3H8/c1-9-6-10(2)14(11(3)12(9)7-16)17-8-13-15(4,5)18-13;1-3-2/h6-7,13H,8H2,1-5H3;3H2,1-2H3. The molecular formula is C18H28O3. The number of carbonyl (C=O) groups is 1. The van der Waals surface area contributed by atoms with Crippen LogP contribution in [0, 0.1) is 20.8 Å². The Bertz CT molecular complexity index is 504. The Labute approximate surface area is 128 Å². The molecule has 0 aliphatic carbocycles. The van der Waals surface area contributed by atoms with E-state index < -0.39 is 0 Å². The molecule has 0 amide bonds. The molecule has 1 aromatic carbocycles. The smallest absolute Gasteiger partial charge is 0.150 e. The second-order valence-electron chi connectivity index (χ2n) is 6.22. The number of hydrogen-bond donors (Lipinski definition) is 0. The molecule has 21 heavy (non-hydrogen) atoms. The van der Waals surface area contributed by atoms with Gasteiger partial charge in [0.1, 0.15) is 18.5 Å². The third-order valence-electron chi connectivity index (χ3n) is 3.62. The molecule has 118 valence electrons. The quantitative estimate of drug-likeness (QED) is 0.610. The topological polar surface area (TPSA) is 38.8 Å². The first kappa shape index (κ1) is 17.7. The highest BCUT2D eigenvalue weighted by atomic mass is 16.6. The minimum absolute atomic E-state index is 0.0694. The van der Waals surface area contributed by atoms with Crippen LogP contribution >= 0.6 is 0 Å². The first-order chi connectivity index (χ1) is 9.78. The van der Waals surface area contributed by atoms with E-state index in [0.29, 0.717) is 6.61 Å². The third kappa shape index (κ3) is 4.31. The molecule has 0 spiro atoms. The van der Waals surface area contributed by atoms with Gasteiger partial charge in [-0.2, -0.15) is 0 Å². The van der Waals surface area contributed by atoms with Crippen LogP contribution in [0.3, 0.4) is 0 Å². The summed E-state index contributed by atoms with van der Waals surface area (Å²) in [5.74, 6) is 0.814. The number of aryl methyl sites for hydroxylation is 2. The number of aldehydes is 1. The molecule has 0 radical (unpaired) electrons. The Hall–Kier alpha value is -1.35. The van der Waals surface area contributed by atoms with Crippen LogP contribution in [-0.2, 0) is 4.74 Å². The molecule has 1 aliphatic rings. The lowest BCUT2D eigenvalue weighted by atomic mass is 9.99. The van der Waals surface area contributed by atoms with Crippen molar-refractivity contribution in [3.05, 3.63) is 28.3 Å². The number of carbonyl (C=O) groups excluding carboxylic acids is 1. The fourth-order valence-corrected chi connectivity index (χ4v) is 2.31. The Morgan fingerprint density at radius 3 is 2.19 bits per heavy atom. The molecule has 1 heterocycles. The number of benzene rings is 1. The van der Waals surface area contributed by atoms with E-state index in [4.69, 9.17) is 9.47 Å². The average Bonchev–Trinajstić information content (AvgIpc) is 2.97. The normalized spacial score (nSPS) is 18.5. The van der Waals surface area contributed by atoms with Crippen molar-refractivity contribution in [3.8, 4) is 5.75 Å². The van der Waals surface area contributed by atoms with Crippen molar-refractivity contribution in [1.29, 1.82) is 0 Å². The van der Waals surface area contributed by atoms with Gasteiger partial charge in [0.25, 0.3) is 0 Å². The Morgan fingerprint density at radius 2 is 1.76 bits per heavy atom. The minimum Gasteiger partial charge on any atom is -0.490 e. The molecule has 1 aliphatic heterocycles. The molecule has 2 rings (SSSR count). The van der Waals surface area contributed by atoms with E-state index in [-0.39, 0.29) is 11.7 Å². The summed E-state index contributed by atoms with van der Waals surface area (Å²) in [5.41, 5.74) is 3.64. The van der Waals surface area contributed by atoms with Crippen LogP contribution in [0.2, 0.25) is 0 Å². The fourth-order valence-electron chi connectivity index (χ4n) is 2.31. The van der Waals surface area contributed by atoms with Gasteiger partial charge in [-0.15, -0.1) is 0 Å². The zero-order valence-corrected chi connectivity index (χ0v) is 14.4. The SMILES string of the molecule is CCC.Cc1cc(C)c(OCC2OC2(C)C)c(C)c1C=O. The van der Waals surface area contributed by atoms with Crippen molar-refractivity contribution in [2.24, 2.45) is 0 Å². The number of ether oxygens (including phenoxy) is 2. The zero-order valence-electron chi connectivity index (χ0n) is 14.4. The maximum absolute atomic E-state index is 11.1. The van der Waals surface area contributed by atoms with Gasteiger partial charge in [-0.05, 0) is 45.7 Å². The van der Waals surface area contributed by atoms with Crippen LogP contribution in [0.4, 0.5) is 0 Å². The second-order valence-corrected chi connectivity index (χ2v) is 6.22. The highest BCUT2D eigenvalue weighted by Crippen LogP contribution is 2.36. The molecule has 0 N–H and O–H groups in total. The summed E-state index contributed by atoms with van der Waals surface area (Å²) >= 11 is 0. The molecular weight excluding hydrogens is 264 g/mol. The van der Waals surface area contributed by atoms with Crippen LogP contribution in [0.5, 0.6) is 5.75 Å². The molecule has 1 saturated heterocycles. The summed E-state index contributed by atoms with van der Waals surface area (Å²) in [6.07, 6.45) is 2.30. The maximum atomic E-state index is 11.1. The minimum atomic E-state index is -0.0694. The van der Waals surface area contributed by atoms with Crippen molar-refractivity contribution < 1.29 is 14.3 Å². The van der Waals surface area contributed by atoms with Gasteiger partial charge in [0, 0.05) is 11.1 Å². The first-order valence-electron chi connectivity index (χ1n) is 7.65. The van der Waals surface area contributed by atoms with Gasteiger partial charge in [-0.1, -0.05) is 26.3 Å². The van der Waals surface area contributed by atoms with Crippen molar-refractivity contribution in [3.63, 3.8) is 0 Å². The van der Waals surface area contributed by atoms with E-state index in [2.05, 4.69) is 13.8 Å². The number of epoxide rings is 1. The summed E-state index contributed by atoms with van der Waals surface area (Å²) in [6.45, 7) is 14.8. The predicted octanol–water partition coefficient (Wildman–Crippen LogP) is 4.40. The largest absolute Gasteiger partial charge is 0.490 e. The molecule has 0 aromatic heterocycles. The van der Waals surface area contributed by atoms with Crippen molar-refractivity contribution >= 4 is 6.29 Å². The lowest BCUT2D eigenvalue weighted by molar-refractivity contribution is 0.112. The van der Waals surface area contributed by atoms with E-state index >= 15 is 0 Å². The number of hydrogen-bond acceptors (Lipinski definition) is 3. The van der Waals surface area contributed by atoms with Gasteiger partial charge in [-0.3, -0.25) is 4.79 Å². The lowest BCUT2D eigenvalue weighted by Crippen LogP contribution is -2.13. The molecule has 1 unspecified atom stereocenters. The highest BCUT2D eigenvalue weighted by molar-refractivity contribution is 5.81. The Morgan fingerprint density at radius 1 is 1.24 bits per heavy atom. The van der Waals surface area contributed by atoms with Crippen molar-refractivity contribution in [1.82, 2.24) is 0 Å². The molecule has 0 saturated carbocycles. The third-order valence-corrected chi connectivity index (χ3v) is 3.62. The van der Waals surface area contributed by atoms with Crippen LogP contribution in [0.1, 0.15) is 61.2 Å². The van der Waals surface area contributed by atoms with E-state index in [1.807, 2.05) is 40.7 Å². The predicted molar refractivity (Wildman–Crippen MR) is 86.5 cm³/mol. The Kier molecular flexibility index (Phi) is 5.97. The van der Waals surface area contributed by atoms with Gasteiger partial charge < -0.3 is 9.47 Å². The highest BCUT2D eigenvalue weighted by Gasteiger charge is 2.48. The summed E-state index contributed by atoms with van der Waals surface area (Å²) < 4.78 is 11.3. The summed E-state index contributed by atoms with van der Waals surface area (Å²) in [5, 5.41) is 0.